The number of nitrogens with zero attached hydrogens (tertiary/aromatic N) is 2. The molecule has 0 aromatic heterocycles. The fraction of sp³-hybridized carbons (Fsp3) is 0.316. The Bertz CT molecular complexity index is 742. The molecule has 0 spiro atoms. The number of benzene rings is 2. The molecule has 3 nitrogen and oxygen atoms in total. The van der Waals surface area contributed by atoms with E-state index in [-0.39, 0.29) is 0 Å². The molecule has 2 heterocycles. The molecule has 2 aliphatic rings. The summed E-state index contributed by atoms with van der Waals surface area (Å²) in [5.74, 6) is 1.24. The maximum atomic E-state index is 11.5. The van der Waals surface area contributed by atoms with Crippen molar-refractivity contribution >= 4 is 27.5 Å². The van der Waals surface area contributed by atoms with E-state index in [2.05, 4.69) is 49.7 Å². The monoisotopic (exact) mass is 371 g/mol. The number of anilines is 1. The SMILES string of the molecule is O[C@]1(c2ccc(Br)cc2)CN(c2ccccc2)C2=[N+]1CCCC2. The van der Waals surface area contributed by atoms with Crippen LogP contribution < -0.4 is 4.90 Å². The number of para-hydroxylation sites is 1. The largest absolute Gasteiger partial charge is 0.346 e. The van der Waals surface area contributed by atoms with E-state index in [1.807, 2.05) is 30.3 Å². The lowest BCUT2D eigenvalue weighted by atomic mass is 10.0. The van der Waals surface area contributed by atoms with Gasteiger partial charge in [0.2, 0.25) is 0 Å². The lowest BCUT2D eigenvalue weighted by molar-refractivity contribution is -0.661. The Morgan fingerprint density at radius 1 is 1.00 bits per heavy atom. The van der Waals surface area contributed by atoms with Gasteiger partial charge in [0, 0.05) is 16.5 Å². The molecule has 23 heavy (non-hydrogen) atoms. The zero-order valence-electron chi connectivity index (χ0n) is 13.0. The van der Waals surface area contributed by atoms with Crippen molar-refractivity contribution in [1.82, 2.24) is 0 Å². The highest BCUT2D eigenvalue weighted by Gasteiger charge is 2.52. The van der Waals surface area contributed by atoms with Crippen molar-refractivity contribution in [3.05, 3.63) is 64.6 Å². The number of β-amino-alcohol motifs (C(OH)–C–C–N with tert-alkyl or cyclic N) is 1. The lowest BCUT2D eigenvalue weighted by Crippen LogP contribution is -2.41. The first kappa shape index (κ1) is 14.9. The molecule has 0 saturated heterocycles. The van der Waals surface area contributed by atoms with Crippen LogP contribution in [0.25, 0.3) is 0 Å². The molecule has 1 N–H and O–H groups in total. The molecule has 0 fully saturated rings. The maximum absolute atomic E-state index is 11.5. The van der Waals surface area contributed by atoms with Crippen LogP contribution in [0.4, 0.5) is 5.69 Å². The van der Waals surface area contributed by atoms with Gasteiger partial charge >= 0.3 is 0 Å². The average Bonchev–Trinajstić information content (AvgIpc) is 2.91. The first-order chi connectivity index (χ1) is 11.2. The van der Waals surface area contributed by atoms with Crippen molar-refractivity contribution in [2.24, 2.45) is 0 Å². The van der Waals surface area contributed by atoms with Gasteiger partial charge in [0.15, 0.2) is 6.54 Å². The van der Waals surface area contributed by atoms with Crippen molar-refractivity contribution in [3.63, 3.8) is 0 Å². The number of amidine groups is 1. The predicted molar refractivity (Wildman–Crippen MR) is 95.8 cm³/mol. The van der Waals surface area contributed by atoms with Crippen LogP contribution in [0.5, 0.6) is 0 Å². The third-order valence-electron chi connectivity index (χ3n) is 4.85. The first-order valence-electron chi connectivity index (χ1n) is 8.13. The first-order valence-corrected chi connectivity index (χ1v) is 8.92. The fourth-order valence-electron chi connectivity index (χ4n) is 3.71. The standard InChI is InChI=1S/C19H20BrN2O/c20-16-11-9-15(10-12-16)19(23)14-21(17-6-2-1-3-7-17)18-8-4-5-13-22(18)19/h1-3,6-7,9-12,23H,4-5,8,13-14H2/q+1/t19-/m0/s1. The van der Waals surface area contributed by atoms with Crippen LogP contribution in [0, 0.1) is 0 Å². The Morgan fingerprint density at radius 2 is 1.74 bits per heavy atom. The van der Waals surface area contributed by atoms with E-state index in [4.69, 9.17) is 0 Å². The predicted octanol–water partition coefficient (Wildman–Crippen LogP) is 3.71. The number of hydrogen-bond donors (Lipinski definition) is 1. The smallest absolute Gasteiger partial charge is 0.271 e. The van der Waals surface area contributed by atoms with Crippen molar-refractivity contribution < 1.29 is 9.68 Å². The van der Waals surface area contributed by atoms with Gasteiger partial charge in [0.05, 0.1) is 6.54 Å². The number of rotatable bonds is 2. The lowest BCUT2D eigenvalue weighted by Gasteiger charge is -2.24. The Hall–Kier alpha value is -1.65. The van der Waals surface area contributed by atoms with Gasteiger partial charge in [-0.1, -0.05) is 46.3 Å². The highest BCUT2D eigenvalue weighted by atomic mass is 79.9. The van der Waals surface area contributed by atoms with Gasteiger partial charge in [0.25, 0.3) is 11.6 Å². The van der Waals surface area contributed by atoms with Crippen molar-refractivity contribution in [2.75, 3.05) is 18.0 Å². The second-order valence-corrected chi connectivity index (χ2v) is 7.19. The summed E-state index contributed by atoms with van der Waals surface area (Å²) >= 11 is 3.48. The van der Waals surface area contributed by atoms with E-state index in [1.165, 1.54) is 12.3 Å². The summed E-state index contributed by atoms with van der Waals surface area (Å²) in [7, 11) is 0. The molecule has 0 bridgehead atoms. The van der Waals surface area contributed by atoms with Crippen LogP contribution in [0.1, 0.15) is 24.8 Å². The zero-order valence-corrected chi connectivity index (χ0v) is 14.5. The molecule has 4 heteroatoms. The molecule has 2 aromatic carbocycles. The molecular weight excluding hydrogens is 352 g/mol. The van der Waals surface area contributed by atoms with Gasteiger partial charge in [-0.3, -0.25) is 0 Å². The molecule has 4 rings (SSSR count). The summed E-state index contributed by atoms with van der Waals surface area (Å²) in [6, 6.07) is 18.4. The zero-order chi connectivity index (χ0) is 15.9. The minimum absolute atomic E-state index is 0.577. The van der Waals surface area contributed by atoms with Crippen molar-refractivity contribution in [3.8, 4) is 0 Å². The normalized spacial score (nSPS) is 24.0. The molecule has 0 aliphatic carbocycles. The maximum Gasteiger partial charge on any atom is 0.271 e. The van der Waals surface area contributed by atoms with Crippen LogP contribution in [0.2, 0.25) is 0 Å². The Morgan fingerprint density at radius 3 is 2.48 bits per heavy atom. The topological polar surface area (TPSA) is 26.5 Å². The highest BCUT2D eigenvalue weighted by molar-refractivity contribution is 9.10. The highest BCUT2D eigenvalue weighted by Crippen LogP contribution is 2.35. The number of aliphatic hydroxyl groups is 1. The van der Waals surface area contributed by atoms with Crippen LogP contribution in [-0.2, 0) is 5.72 Å². The number of halogens is 1. The van der Waals surface area contributed by atoms with Crippen LogP contribution in [0.15, 0.2) is 59.1 Å². The van der Waals surface area contributed by atoms with Gasteiger partial charge in [-0.05, 0) is 37.1 Å². The summed E-state index contributed by atoms with van der Waals surface area (Å²) < 4.78 is 3.23. The molecule has 0 amide bonds. The average molecular weight is 372 g/mol. The fourth-order valence-corrected chi connectivity index (χ4v) is 3.97. The molecule has 1 atom stereocenters. The summed E-state index contributed by atoms with van der Waals surface area (Å²) in [4.78, 5) is 2.28. The van der Waals surface area contributed by atoms with Gasteiger partial charge in [-0.15, -0.1) is 0 Å². The molecule has 2 aliphatic heterocycles. The van der Waals surface area contributed by atoms with Crippen LogP contribution in [0.3, 0.4) is 0 Å². The summed E-state index contributed by atoms with van der Waals surface area (Å²) in [5, 5.41) is 11.5. The second-order valence-electron chi connectivity index (χ2n) is 6.27. The minimum atomic E-state index is -0.952. The van der Waals surface area contributed by atoms with Gasteiger partial charge < -0.3 is 5.11 Å². The molecule has 0 radical (unpaired) electrons. The third-order valence-corrected chi connectivity index (χ3v) is 5.38. The van der Waals surface area contributed by atoms with E-state index in [1.54, 1.807) is 0 Å². The Balaban J connectivity index is 1.80. The molecular formula is C19H20BrN2O+. The van der Waals surface area contributed by atoms with Crippen LogP contribution in [-0.4, -0.2) is 28.6 Å². The molecule has 118 valence electrons. The summed E-state index contributed by atoms with van der Waals surface area (Å²) in [5.41, 5.74) is 1.16. The van der Waals surface area contributed by atoms with Gasteiger partial charge in [-0.25, -0.2) is 9.48 Å². The van der Waals surface area contributed by atoms with E-state index in [9.17, 15) is 5.11 Å². The van der Waals surface area contributed by atoms with E-state index in [0.29, 0.717) is 6.54 Å². The van der Waals surface area contributed by atoms with Crippen LogP contribution >= 0.6 is 15.9 Å². The van der Waals surface area contributed by atoms with Gasteiger partial charge in [-0.2, -0.15) is 0 Å². The molecule has 2 aromatic rings. The number of hydrogen-bond acceptors (Lipinski definition) is 2. The van der Waals surface area contributed by atoms with Crippen molar-refractivity contribution in [1.29, 1.82) is 0 Å². The Kier molecular flexibility index (Phi) is 3.74. The van der Waals surface area contributed by atoms with E-state index < -0.39 is 5.72 Å². The third kappa shape index (κ3) is 2.50. The van der Waals surface area contributed by atoms with E-state index in [0.717, 1.165) is 35.1 Å². The quantitative estimate of drug-likeness (QED) is 0.814. The molecule has 0 unspecified atom stereocenters. The summed E-state index contributed by atoms with van der Waals surface area (Å²) in [6.45, 7) is 1.49. The minimum Gasteiger partial charge on any atom is -0.346 e. The second kappa shape index (κ2) is 5.77. The Labute approximate surface area is 145 Å². The van der Waals surface area contributed by atoms with Gasteiger partial charge in [0.1, 0.15) is 5.69 Å². The molecule has 0 saturated carbocycles. The van der Waals surface area contributed by atoms with E-state index >= 15 is 0 Å². The summed E-state index contributed by atoms with van der Waals surface area (Å²) in [6.07, 6.45) is 3.34. The van der Waals surface area contributed by atoms with Crippen molar-refractivity contribution in [2.45, 2.75) is 25.0 Å².